The molecule has 7 heteroatoms. The van der Waals surface area contributed by atoms with E-state index in [1.807, 2.05) is 0 Å². The van der Waals surface area contributed by atoms with E-state index in [4.69, 9.17) is 10.3 Å². The highest BCUT2D eigenvalue weighted by atomic mass is 16.5. The molecule has 1 aliphatic heterocycles. The number of rotatable bonds is 4. The normalized spacial score (nSPS) is 35.4. The molecule has 4 fully saturated rings. The van der Waals surface area contributed by atoms with Crippen LogP contribution in [0.4, 0.5) is 0 Å². The van der Waals surface area contributed by atoms with Gasteiger partial charge in [0.1, 0.15) is 5.76 Å². The molecule has 3 aliphatic carbocycles. The van der Waals surface area contributed by atoms with Crippen LogP contribution in [0.1, 0.15) is 73.5 Å². The molecule has 3 N–H and O–H groups in total. The van der Waals surface area contributed by atoms with Gasteiger partial charge in [-0.1, -0.05) is 5.16 Å². The predicted octanol–water partition coefficient (Wildman–Crippen LogP) is 1.79. The van der Waals surface area contributed by atoms with Crippen molar-refractivity contribution in [3.63, 3.8) is 0 Å². The number of likely N-dealkylation sites (tertiary alicyclic amines) is 1. The monoisotopic (exact) mass is 372 g/mol. The van der Waals surface area contributed by atoms with E-state index in [0.29, 0.717) is 23.4 Å². The van der Waals surface area contributed by atoms with E-state index in [1.54, 1.807) is 6.07 Å². The van der Waals surface area contributed by atoms with E-state index in [1.165, 1.54) is 0 Å². The Morgan fingerprint density at radius 1 is 1.15 bits per heavy atom. The van der Waals surface area contributed by atoms with Gasteiger partial charge in [-0.3, -0.25) is 9.59 Å². The number of fused-ring (bicyclic) bond motifs is 2. The lowest BCUT2D eigenvalue weighted by atomic mass is 9.85. The van der Waals surface area contributed by atoms with Crippen LogP contribution in [0.3, 0.4) is 0 Å². The molecule has 4 aliphatic rings. The van der Waals surface area contributed by atoms with Crippen molar-refractivity contribution in [2.75, 3.05) is 6.54 Å². The minimum atomic E-state index is -0.151. The summed E-state index contributed by atoms with van der Waals surface area (Å²) in [7, 11) is 0. The van der Waals surface area contributed by atoms with Crippen molar-refractivity contribution in [1.82, 2.24) is 15.4 Å². The van der Waals surface area contributed by atoms with Crippen LogP contribution in [0.15, 0.2) is 10.6 Å². The Morgan fingerprint density at radius 3 is 2.59 bits per heavy atom. The fourth-order valence-corrected chi connectivity index (χ4v) is 5.20. The lowest BCUT2D eigenvalue weighted by molar-refractivity contribution is -0.138. The van der Waals surface area contributed by atoms with Crippen LogP contribution in [-0.4, -0.2) is 46.5 Å². The maximum atomic E-state index is 12.9. The maximum absolute atomic E-state index is 12.9. The van der Waals surface area contributed by atoms with Crippen molar-refractivity contribution in [2.24, 2.45) is 17.6 Å². The van der Waals surface area contributed by atoms with Crippen LogP contribution in [0, 0.1) is 11.8 Å². The van der Waals surface area contributed by atoms with Crippen molar-refractivity contribution < 1.29 is 14.1 Å². The molecular formula is C20H28N4O3. The summed E-state index contributed by atoms with van der Waals surface area (Å²) in [4.78, 5) is 27.5. The predicted molar refractivity (Wildman–Crippen MR) is 97.9 cm³/mol. The van der Waals surface area contributed by atoms with Crippen molar-refractivity contribution in [1.29, 1.82) is 0 Å². The average Bonchev–Trinajstić information content (AvgIpc) is 3.09. The molecule has 3 atom stereocenters. The molecule has 0 aromatic carbocycles. The Bertz CT molecular complexity index is 735. The van der Waals surface area contributed by atoms with Gasteiger partial charge in [0.15, 0.2) is 5.69 Å². The van der Waals surface area contributed by atoms with Gasteiger partial charge in [-0.05, 0) is 57.3 Å². The van der Waals surface area contributed by atoms with Crippen molar-refractivity contribution in [3.05, 3.63) is 17.5 Å². The third-order valence-electron chi connectivity index (χ3n) is 7.00. The number of carbonyl (C=O) groups excluding carboxylic acids is 2. The highest BCUT2D eigenvalue weighted by Crippen LogP contribution is 2.41. The topological polar surface area (TPSA) is 101 Å². The van der Waals surface area contributed by atoms with Crippen molar-refractivity contribution in [2.45, 2.75) is 75.4 Å². The van der Waals surface area contributed by atoms with Crippen LogP contribution in [0.5, 0.6) is 0 Å². The Hall–Kier alpha value is -1.89. The maximum Gasteiger partial charge on any atom is 0.273 e. The fraction of sp³-hybridized carbons (Fsp3) is 0.750. The van der Waals surface area contributed by atoms with E-state index in [-0.39, 0.29) is 30.0 Å². The second-order valence-corrected chi connectivity index (χ2v) is 8.96. The molecule has 146 valence electrons. The zero-order chi connectivity index (χ0) is 18.5. The first-order chi connectivity index (χ1) is 13.1. The molecule has 1 aromatic heterocycles. The summed E-state index contributed by atoms with van der Waals surface area (Å²) in [5.74, 6) is 1.94. The van der Waals surface area contributed by atoms with Gasteiger partial charge in [0, 0.05) is 42.6 Å². The molecule has 27 heavy (non-hydrogen) atoms. The lowest BCUT2D eigenvalue weighted by Crippen LogP contribution is -2.49. The van der Waals surface area contributed by atoms with Crippen molar-refractivity contribution in [3.8, 4) is 0 Å². The largest absolute Gasteiger partial charge is 0.360 e. The number of aromatic nitrogens is 1. The third kappa shape index (κ3) is 3.26. The van der Waals surface area contributed by atoms with E-state index >= 15 is 0 Å². The van der Waals surface area contributed by atoms with Gasteiger partial charge in [-0.25, -0.2) is 0 Å². The van der Waals surface area contributed by atoms with Gasteiger partial charge in [-0.15, -0.1) is 0 Å². The van der Waals surface area contributed by atoms with Crippen LogP contribution >= 0.6 is 0 Å². The smallest absolute Gasteiger partial charge is 0.273 e. The number of nitrogens with one attached hydrogen (secondary N) is 1. The molecule has 2 bridgehead atoms. The van der Waals surface area contributed by atoms with Crippen molar-refractivity contribution >= 4 is 11.8 Å². The number of nitrogens with zero attached hydrogens (tertiary/aromatic N) is 2. The zero-order valence-electron chi connectivity index (χ0n) is 15.6. The summed E-state index contributed by atoms with van der Waals surface area (Å²) in [5, 5.41) is 7.06. The van der Waals surface area contributed by atoms with E-state index in [0.717, 1.165) is 63.7 Å². The zero-order valence-corrected chi connectivity index (χ0v) is 15.6. The molecule has 7 nitrogen and oxygen atoms in total. The minimum Gasteiger partial charge on any atom is -0.360 e. The standard InChI is InChI=1S/C20H28N4O3/c21-14-5-3-12(4-6-14)20(26)24-10-13-7-15(24)8-16(13)22-19(25)17-9-18(27-23-17)11-1-2-11/h9,11-16H,1-8,10,21H2,(H,22,25)/t12-,13?,14-,15?,16?. The molecule has 5 rings (SSSR count). The summed E-state index contributed by atoms with van der Waals surface area (Å²) >= 11 is 0. The van der Waals surface area contributed by atoms with E-state index < -0.39 is 0 Å². The molecule has 3 saturated carbocycles. The Labute approximate surface area is 159 Å². The molecule has 1 aromatic rings. The van der Waals surface area contributed by atoms with Crippen LogP contribution in [0.2, 0.25) is 0 Å². The number of piperidine rings is 1. The molecule has 1 saturated heterocycles. The minimum absolute atomic E-state index is 0.132. The molecule has 0 radical (unpaired) electrons. The first kappa shape index (κ1) is 17.2. The summed E-state index contributed by atoms with van der Waals surface area (Å²) < 4.78 is 5.29. The van der Waals surface area contributed by atoms with Gasteiger partial charge in [-0.2, -0.15) is 0 Å². The van der Waals surface area contributed by atoms with E-state index in [2.05, 4.69) is 15.4 Å². The summed E-state index contributed by atoms with van der Waals surface area (Å²) in [6.07, 6.45) is 7.85. The average molecular weight is 372 g/mol. The second-order valence-electron chi connectivity index (χ2n) is 8.96. The number of amides is 2. The summed E-state index contributed by atoms with van der Waals surface area (Å²) in [6, 6.07) is 2.44. The quantitative estimate of drug-likeness (QED) is 0.839. The number of nitrogens with two attached hydrogens (primary N) is 1. The lowest BCUT2D eigenvalue weighted by Gasteiger charge is -2.35. The van der Waals surface area contributed by atoms with Gasteiger partial charge >= 0.3 is 0 Å². The first-order valence-corrected chi connectivity index (χ1v) is 10.4. The van der Waals surface area contributed by atoms with Crippen LogP contribution < -0.4 is 11.1 Å². The Kier molecular flexibility index (Phi) is 4.22. The molecular weight excluding hydrogens is 344 g/mol. The fourth-order valence-electron chi connectivity index (χ4n) is 5.20. The highest BCUT2D eigenvalue weighted by molar-refractivity contribution is 5.92. The molecule has 2 heterocycles. The number of carbonyl (C=O) groups is 2. The number of hydrogen-bond donors (Lipinski definition) is 2. The first-order valence-electron chi connectivity index (χ1n) is 10.4. The molecule has 2 amide bonds. The molecule has 3 unspecified atom stereocenters. The van der Waals surface area contributed by atoms with Gasteiger partial charge in [0.25, 0.3) is 5.91 Å². The Balaban J connectivity index is 1.16. The highest BCUT2D eigenvalue weighted by Gasteiger charge is 2.48. The van der Waals surface area contributed by atoms with E-state index in [9.17, 15) is 9.59 Å². The van der Waals surface area contributed by atoms with Gasteiger partial charge < -0.3 is 20.5 Å². The number of hydrogen-bond acceptors (Lipinski definition) is 5. The SMILES string of the molecule is N[C@H]1CC[C@H](C(=O)N2CC3CC2CC3NC(=O)c2cc(C3CC3)on2)CC1. The summed E-state index contributed by atoms with van der Waals surface area (Å²) in [5.41, 5.74) is 6.35. The summed E-state index contributed by atoms with van der Waals surface area (Å²) in [6.45, 7) is 0.767. The van der Waals surface area contributed by atoms with Gasteiger partial charge in [0.2, 0.25) is 5.91 Å². The van der Waals surface area contributed by atoms with Crippen LogP contribution in [-0.2, 0) is 4.79 Å². The Morgan fingerprint density at radius 2 is 1.93 bits per heavy atom. The molecule has 0 spiro atoms. The van der Waals surface area contributed by atoms with Gasteiger partial charge in [0.05, 0.1) is 0 Å². The van der Waals surface area contributed by atoms with Crippen LogP contribution in [0.25, 0.3) is 0 Å². The third-order valence-corrected chi connectivity index (χ3v) is 7.00. The second kappa shape index (κ2) is 6.62.